The minimum atomic E-state index is -0.615. The van der Waals surface area contributed by atoms with Crippen molar-refractivity contribution in [3.8, 4) is 5.75 Å². The highest BCUT2D eigenvalue weighted by Crippen LogP contribution is 2.49. The highest BCUT2D eigenvalue weighted by Gasteiger charge is 2.47. The van der Waals surface area contributed by atoms with Gasteiger partial charge in [0.1, 0.15) is 11.8 Å². The van der Waals surface area contributed by atoms with E-state index in [1.807, 2.05) is 18.3 Å². The summed E-state index contributed by atoms with van der Waals surface area (Å²) in [6, 6.07) is 13.8. The number of benzene rings is 2. The van der Waals surface area contributed by atoms with Crippen molar-refractivity contribution in [2.75, 3.05) is 19.7 Å². The molecule has 1 N–H and O–H groups in total. The fraction of sp³-hybridized carbons (Fsp3) is 0.379. The number of rotatable bonds is 3. The number of carbonyl (C=O) groups excluding carboxylic acids is 3. The summed E-state index contributed by atoms with van der Waals surface area (Å²) in [5.74, 6) is 0.00236. The van der Waals surface area contributed by atoms with E-state index in [4.69, 9.17) is 4.74 Å². The zero-order valence-corrected chi connectivity index (χ0v) is 20.5. The van der Waals surface area contributed by atoms with Crippen LogP contribution in [-0.2, 0) is 28.1 Å². The number of nitrogens with zero attached hydrogens (tertiary/aromatic N) is 3. The fourth-order valence-corrected chi connectivity index (χ4v) is 6.57. The molecule has 1 atom stereocenters. The number of amides is 3. The van der Waals surface area contributed by atoms with Crippen LogP contribution in [0.3, 0.4) is 0 Å². The molecule has 2 aromatic carbocycles. The first kappa shape index (κ1) is 22.4. The normalized spacial score (nSPS) is 22.8. The highest BCUT2D eigenvalue weighted by molar-refractivity contribution is 6.05. The summed E-state index contributed by atoms with van der Waals surface area (Å²) in [6.45, 7) is 3.77. The predicted octanol–water partition coefficient (Wildman–Crippen LogP) is 2.92. The SMILES string of the molecule is O=C1CCC(N2Cc3c(ccc4c3OCC43CCN(Cc4cccc5cccnc45)CC3)C2=O)C(=O)N1. The van der Waals surface area contributed by atoms with Crippen LogP contribution in [0.25, 0.3) is 10.9 Å². The molecule has 0 aliphatic carbocycles. The molecule has 4 aliphatic rings. The van der Waals surface area contributed by atoms with Crippen LogP contribution in [0.1, 0.15) is 52.7 Å². The minimum Gasteiger partial charge on any atom is -0.492 e. The van der Waals surface area contributed by atoms with Gasteiger partial charge in [0, 0.05) is 46.7 Å². The van der Waals surface area contributed by atoms with Crippen LogP contribution in [0.15, 0.2) is 48.7 Å². The van der Waals surface area contributed by atoms with Gasteiger partial charge in [-0.05, 0) is 50.0 Å². The summed E-state index contributed by atoms with van der Waals surface area (Å²) >= 11 is 0. The Hall–Kier alpha value is -3.78. The number of likely N-dealkylation sites (tertiary alicyclic amines) is 1. The number of para-hydroxylation sites is 1. The molecule has 2 saturated heterocycles. The molecule has 1 spiro atoms. The molecule has 0 radical (unpaired) electrons. The topological polar surface area (TPSA) is 91.8 Å². The van der Waals surface area contributed by atoms with Gasteiger partial charge in [-0.15, -0.1) is 0 Å². The van der Waals surface area contributed by atoms with Crippen molar-refractivity contribution >= 4 is 28.6 Å². The molecular weight excluding hydrogens is 468 g/mol. The third kappa shape index (κ3) is 3.54. The summed E-state index contributed by atoms with van der Waals surface area (Å²) in [7, 11) is 0. The average molecular weight is 497 g/mol. The number of carbonyl (C=O) groups is 3. The molecule has 1 aromatic heterocycles. The van der Waals surface area contributed by atoms with Crippen LogP contribution in [0.5, 0.6) is 5.75 Å². The van der Waals surface area contributed by atoms with Gasteiger partial charge in [-0.25, -0.2) is 0 Å². The first-order chi connectivity index (χ1) is 18.0. The third-order valence-corrected chi connectivity index (χ3v) is 8.65. The van der Waals surface area contributed by atoms with Gasteiger partial charge in [0.15, 0.2) is 0 Å². The number of hydrogen-bond acceptors (Lipinski definition) is 6. The van der Waals surface area contributed by atoms with E-state index in [0.717, 1.165) is 49.3 Å². The van der Waals surface area contributed by atoms with Gasteiger partial charge < -0.3 is 9.64 Å². The maximum absolute atomic E-state index is 13.2. The maximum Gasteiger partial charge on any atom is 0.255 e. The Labute approximate surface area is 214 Å². The number of piperidine rings is 2. The molecule has 5 heterocycles. The lowest BCUT2D eigenvalue weighted by Crippen LogP contribution is -2.52. The molecule has 0 bridgehead atoms. The predicted molar refractivity (Wildman–Crippen MR) is 136 cm³/mol. The van der Waals surface area contributed by atoms with E-state index in [9.17, 15) is 14.4 Å². The Kier molecular flexibility index (Phi) is 5.08. The lowest BCUT2D eigenvalue weighted by molar-refractivity contribution is -0.136. The molecule has 8 nitrogen and oxygen atoms in total. The van der Waals surface area contributed by atoms with E-state index in [0.29, 0.717) is 25.1 Å². The van der Waals surface area contributed by atoms with E-state index in [1.54, 1.807) is 4.90 Å². The van der Waals surface area contributed by atoms with Crippen molar-refractivity contribution in [3.63, 3.8) is 0 Å². The number of pyridine rings is 1. The van der Waals surface area contributed by atoms with Crippen molar-refractivity contribution in [1.29, 1.82) is 0 Å². The van der Waals surface area contributed by atoms with Gasteiger partial charge in [-0.1, -0.05) is 30.3 Å². The molecule has 1 unspecified atom stereocenters. The molecule has 4 aliphatic heterocycles. The Morgan fingerprint density at radius 2 is 1.89 bits per heavy atom. The van der Waals surface area contributed by atoms with Crippen molar-refractivity contribution in [2.24, 2.45) is 0 Å². The van der Waals surface area contributed by atoms with E-state index >= 15 is 0 Å². The van der Waals surface area contributed by atoms with Crippen LogP contribution in [0.4, 0.5) is 0 Å². The van der Waals surface area contributed by atoms with E-state index in [2.05, 4.69) is 45.5 Å². The van der Waals surface area contributed by atoms with Crippen LogP contribution in [0.2, 0.25) is 0 Å². The van der Waals surface area contributed by atoms with Crippen LogP contribution in [-0.4, -0.2) is 58.2 Å². The van der Waals surface area contributed by atoms with Gasteiger partial charge in [-0.2, -0.15) is 0 Å². The number of nitrogens with one attached hydrogen (secondary N) is 1. The van der Waals surface area contributed by atoms with Crippen LogP contribution >= 0.6 is 0 Å². The van der Waals surface area contributed by atoms with Gasteiger partial charge >= 0.3 is 0 Å². The molecule has 3 amide bonds. The van der Waals surface area contributed by atoms with E-state index in [-0.39, 0.29) is 29.6 Å². The lowest BCUT2D eigenvalue weighted by Gasteiger charge is -2.38. The van der Waals surface area contributed by atoms with Crippen molar-refractivity contribution in [2.45, 2.75) is 50.2 Å². The van der Waals surface area contributed by atoms with Crippen molar-refractivity contribution in [3.05, 3.63) is 70.9 Å². The lowest BCUT2D eigenvalue weighted by atomic mass is 9.74. The first-order valence-electron chi connectivity index (χ1n) is 13.0. The minimum absolute atomic E-state index is 0.0526. The molecule has 188 valence electrons. The zero-order valence-electron chi connectivity index (χ0n) is 20.5. The Balaban J connectivity index is 1.09. The van der Waals surface area contributed by atoms with Gasteiger partial charge in [0.05, 0.1) is 18.7 Å². The second kappa shape index (κ2) is 8.38. The molecule has 8 heteroatoms. The number of imide groups is 1. The van der Waals surface area contributed by atoms with Crippen LogP contribution in [0, 0.1) is 0 Å². The number of ether oxygens (including phenoxy) is 1. The smallest absolute Gasteiger partial charge is 0.255 e. The van der Waals surface area contributed by atoms with E-state index < -0.39 is 6.04 Å². The van der Waals surface area contributed by atoms with Crippen molar-refractivity contribution < 1.29 is 19.1 Å². The second-order valence-corrected chi connectivity index (χ2v) is 10.7. The summed E-state index contributed by atoms with van der Waals surface area (Å²) in [4.78, 5) is 45.9. The Bertz CT molecular complexity index is 1450. The Morgan fingerprint density at radius 1 is 1.05 bits per heavy atom. The van der Waals surface area contributed by atoms with Gasteiger partial charge in [-0.3, -0.25) is 29.6 Å². The zero-order chi connectivity index (χ0) is 25.1. The highest BCUT2D eigenvalue weighted by atomic mass is 16.5. The number of hydrogen-bond donors (Lipinski definition) is 1. The Morgan fingerprint density at radius 3 is 2.73 bits per heavy atom. The standard InChI is InChI=1S/C29H28N4O4/c34-24-9-8-23(27(35)31-24)33-16-21-20(28(33)36)6-7-22-26(21)37-17-29(22)10-13-32(14-11-29)15-19-4-1-3-18-5-2-12-30-25(18)19/h1-7,12,23H,8-11,13-17H2,(H,31,34,35). The molecule has 37 heavy (non-hydrogen) atoms. The average Bonchev–Trinajstić information content (AvgIpc) is 3.44. The molecule has 3 aromatic rings. The summed E-state index contributed by atoms with van der Waals surface area (Å²) in [6.07, 6.45) is 4.44. The number of aromatic nitrogens is 1. The molecule has 7 rings (SSSR count). The summed E-state index contributed by atoms with van der Waals surface area (Å²) < 4.78 is 6.31. The summed E-state index contributed by atoms with van der Waals surface area (Å²) in [5, 5.41) is 3.54. The van der Waals surface area contributed by atoms with Crippen LogP contribution < -0.4 is 10.1 Å². The van der Waals surface area contributed by atoms with Gasteiger partial charge in [0.2, 0.25) is 11.8 Å². The second-order valence-electron chi connectivity index (χ2n) is 10.7. The third-order valence-electron chi connectivity index (χ3n) is 8.65. The van der Waals surface area contributed by atoms with E-state index in [1.165, 1.54) is 16.5 Å². The first-order valence-corrected chi connectivity index (χ1v) is 13.0. The largest absolute Gasteiger partial charge is 0.492 e. The number of fused-ring (bicyclic) bond motifs is 5. The molecule has 2 fully saturated rings. The quantitative estimate of drug-likeness (QED) is 0.561. The molecular formula is C29H28N4O4. The van der Waals surface area contributed by atoms with Crippen molar-refractivity contribution in [1.82, 2.24) is 20.1 Å². The summed E-state index contributed by atoms with van der Waals surface area (Å²) in [5.41, 5.74) is 4.95. The maximum atomic E-state index is 13.2. The molecule has 0 saturated carbocycles. The van der Waals surface area contributed by atoms with Gasteiger partial charge in [0.25, 0.3) is 5.91 Å². The monoisotopic (exact) mass is 496 g/mol. The fourth-order valence-electron chi connectivity index (χ4n) is 6.57.